The number of pyridine rings is 1. The lowest BCUT2D eigenvalue weighted by Crippen LogP contribution is -2.47. The minimum Gasteiger partial charge on any atom is -0.442 e. The molecule has 0 spiro atoms. The topological polar surface area (TPSA) is 104 Å². The number of anilines is 3. The summed E-state index contributed by atoms with van der Waals surface area (Å²) < 4.78 is 34.0. The number of halogens is 3. The van der Waals surface area contributed by atoms with E-state index >= 15 is 0 Å². The number of amides is 2. The number of nitrogens with one attached hydrogen (secondary N) is 1. The highest BCUT2D eigenvalue weighted by molar-refractivity contribution is 6.28. The normalized spacial score (nSPS) is 18.7. The molecule has 170 valence electrons. The monoisotopic (exact) mass is 467 g/mol. The number of hydrogen-bond donors (Lipinski definition) is 1. The molecular formula is C19H20ClF2N7O3. The molecule has 0 saturated carbocycles. The molecule has 10 nitrogen and oxygen atoms in total. The first-order valence-corrected chi connectivity index (χ1v) is 10.3. The van der Waals surface area contributed by atoms with Crippen LogP contribution in [-0.2, 0) is 9.53 Å². The molecular weight excluding hydrogens is 448 g/mol. The second-order valence-electron chi connectivity index (χ2n) is 7.34. The molecule has 2 saturated heterocycles. The van der Waals surface area contributed by atoms with Gasteiger partial charge in [0.15, 0.2) is 23.3 Å². The molecule has 2 aromatic rings. The molecule has 0 aromatic carbocycles. The van der Waals surface area contributed by atoms with E-state index in [1.165, 1.54) is 24.1 Å². The third-order valence-corrected chi connectivity index (χ3v) is 5.33. The van der Waals surface area contributed by atoms with Crippen molar-refractivity contribution >= 4 is 40.9 Å². The fourth-order valence-electron chi connectivity index (χ4n) is 3.59. The Morgan fingerprint density at radius 2 is 1.84 bits per heavy atom. The lowest BCUT2D eigenvalue weighted by Gasteiger charge is -2.36. The highest BCUT2D eigenvalue weighted by atomic mass is 35.5. The Hall–Kier alpha value is -3.28. The van der Waals surface area contributed by atoms with Gasteiger partial charge in [0.05, 0.1) is 31.2 Å². The fraction of sp³-hybridized carbons (Fsp3) is 0.421. The van der Waals surface area contributed by atoms with Gasteiger partial charge in [0.1, 0.15) is 6.10 Å². The molecule has 2 aliphatic rings. The molecule has 13 heteroatoms. The third-order valence-electron chi connectivity index (χ3n) is 5.15. The summed E-state index contributed by atoms with van der Waals surface area (Å²) >= 11 is 5.76. The predicted octanol–water partition coefficient (Wildman–Crippen LogP) is 1.59. The number of rotatable bonds is 5. The SMILES string of the molecule is CC(=O)NC[C@H]1CN(c2cnc(N3CCN(c4nc(Cl)ncc4F)CC3)c(F)c2)C(=O)O1. The van der Waals surface area contributed by atoms with Crippen molar-refractivity contribution in [2.75, 3.05) is 54.0 Å². The van der Waals surface area contributed by atoms with Crippen molar-refractivity contribution in [3.8, 4) is 0 Å². The van der Waals surface area contributed by atoms with Crippen LogP contribution in [0.1, 0.15) is 6.92 Å². The fourth-order valence-corrected chi connectivity index (χ4v) is 3.72. The van der Waals surface area contributed by atoms with Crippen molar-refractivity contribution in [3.63, 3.8) is 0 Å². The van der Waals surface area contributed by atoms with Crippen molar-refractivity contribution in [1.82, 2.24) is 20.3 Å². The molecule has 0 radical (unpaired) electrons. The summed E-state index contributed by atoms with van der Waals surface area (Å²) in [6.45, 7) is 3.25. The quantitative estimate of drug-likeness (QED) is 0.661. The largest absolute Gasteiger partial charge is 0.442 e. The molecule has 4 rings (SSSR count). The number of aromatic nitrogens is 3. The molecule has 0 unspecified atom stereocenters. The summed E-state index contributed by atoms with van der Waals surface area (Å²) in [5, 5.41) is 2.53. The molecule has 2 fully saturated rings. The number of piperazine rings is 1. The van der Waals surface area contributed by atoms with E-state index < -0.39 is 23.8 Å². The van der Waals surface area contributed by atoms with Gasteiger partial charge >= 0.3 is 6.09 Å². The summed E-state index contributed by atoms with van der Waals surface area (Å²) in [5.74, 6) is -1.16. The summed E-state index contributed by atoms with van der Waals surface area (Å²) in [6, 6.07) is 1.22. The summed E-state index contributed by atoms with van der Waals surface area (Å²) in [5.41, 5.74) is 0.262. The van der Waals surface area contributed by atoms with Gasteiger partial charge in [-0.15, -0.1) is 0 Å². The Balaban J connectivity index is 1.40. The van der Waals surface area contributed by atoms with E-state index in [1.807, 2.05) is 0 Å². The van der Waals surface area contributed by atoms with Crippen molar-refractivity contribution in [2.24, 2.45) is 0 Å². The predicted molar refractivity (Wildman–Crippen MR) is 112 cm³/mol. The number of carbonyl (C=O) groups is 2. The average Bonchev–Trinajstić information content (AvgIpc) is 3.15. The van der Waals surface area contributed by atoms with Crippen molar-refractivity contribution in [3.05, 3.63) is 35.4 Å². The lowest BCUT2D eigenvalue weighted by molar-refractivity contribution is -0.119. The molecule has 0 aliphatic carbocycles. The number of cyclic esters (lactones) is 1. The van der Waals surface area contributed by atoms with Crippen LogP contribution in [0.2, 0.25) is 5.28 Å². The van der Waals surface area contributed by atoms with Crippen LogP contribution in [0.25, 0.3) is 0 Å². The minimum atomic E-state index is -0.631. The first-order chi connectivity index (χ1) is 15.3. The Bertz CT molecular complexity index is 1040. The Labute approximate surface area is 187 Å². The van der Waals surface area contributed by atoms with E-state index in [1.54, 1.807) is 9.80 Å². The van der Waals surface area contributed by atoms with Crippen LogP contribution in [0.5, 0.6) is 0 Å². The van der Waals surface area contributed by atoms with E-state index in [-0.39, 0.29) is 41.6 Å². The van der Waals surface area contributed by atoms with Crippen molar-refractivity contribution in [1.29, 1.82) is 0 Å². The highest BCUT2D eigenvalue weighted by Gasteiger charge is 2.33. The summed E-state index contributed by atoms with van der Waals surface area (Å²) in [4.78, 5) is 39.6. The molecule has 0 bridgehead atoms. The molecule has 32 heavy (non-hydrogen) atoms. The maximum atomic E-state index is 14.9. The van der Waals surface area contributed by atoms with Gasteiger partial charge in [0.2, 0.25) is 11.2 Å². The van der Waals surface area contributed by atoms with Gasteiger partial charge in [-0.2, -0.15) is 4.98 Å². The number of carbonyl (C=O) groups excluding carboxylic acids is 2. The van der Waals surface area contributed by atoms with Crippen molar-refractivity contribution < 1.29 is 23.1 Å². The van der Waals surface area contributed by atoms with Gasteiger partial charge in [0, 0.05) is 39.2 Å². The molecule has 1 atom stereocenters. The van der Waals surface area contributed by atoms with Gasteiger partial charge in [-0.05, 0) is 11.6 Å². The summed E-state index contributed by atoms with van der Waals surface area (Å²) in [6.07, 6.45) is 1.25. The maximum Gasteiger partial charge on any atom is 0.414 e. The van der Waals surface area contributed by atoms with E-state index in [2.05, 4.69) is 20.3 Å². The average molecular weight is 468 g/mol. The maximum absolute atomic E-state index is 14.9. The Morgan fingerprint density at radius 1 is 1.16 bits per heavy atom. The summed E-state index contributed by atoms with van der Waals surface area (Å²) in [7, 11) is 0. The minimum absolute atomic E-state index is 0.0492. The van der Waals surface area contributed by atoms with Crippen LogP contribution in [0.4, 0.5) is 30.9 Å². The third kappa shape index (κ3) is 4.64. The second-order valence-corrected chi connectivity index (χ2v) is 7.68. The van der Waals surface area contributed by atoms with Gasteiger partial charge < -0.3 is 19.9 Å². The van der Waals surface area contributed by atoms with Crippen LogP contribution in [0.15, 0.2) is 18.5 Å². The van der Waals surface area contributed by atoms with E-state index in [4.69, 9.17) is 16.3 Å². The highest BCUT2D eigenvalue weighted by Crippen LogP contribution is 2.27. The van der Waals surface area contributed by atoms with E-state index in [9.17, 15) is 18.4 Å². The Morgan fingerprint density at radius 3 is 2.50 bits per heavy atom. The van der Waals surface area contributed by atoms with Gasteiger partial charge in [0.25, 0.3) is 0 Å². The van der Waals surface area contributed by atoms with Crippen molar-refractivity contribution in [2.45, 2.75) is 13.0 Å². The van der Waals surface area contributed by atoms with Crippen LogP contribution in [0.3, 0.4) is 0 Å². The number of nitrogens with zero attached hydrogens (tertiary/aromatic N) is 6. The molecule has 2 aliphatic heterocycles. The smallest absolute Gasteiger partial charge is 0.414 e. The second kappa shape index (κ2) is 9.07. The van der Waals surface area contributed by atoms with E-state index in [0.717, 1.165) is 6.20 Å². The zero-order chi connectivity index (χ0) is 22.8. The lowest BCUT2D eigenvalue weighted by atomic mass is 10.2. The van der Waals surface area contributed by atoms with Crippen LogP contribution in [-0.4, -0.2) is 72.3 Å². The number of hydrogen-bond acceptors (Lipinski definition) is 8. The van der Waals surface area contributed by atoms with Gasteiger partial charge in [-0.3, -0.25) is 9.69 Å². The number of ether oxygens (including phenoxy) is 1. The molecule has 1 N–H and O–H groups in total. The zero-order valence-electron chi connectivity index (χ0n) is 17.1. The first kappa shape index (κ1) is 21.9. The standard InChI is InChI=1S/C19H20ClF2N7O3/c1-11(30)23-8-13-10-29(19(31)32-13)12-6-14(21)16(24-7-12)27-2-4-28(5-3-27)17-15(22)9-25-18(20)26-17/h6-7,9,13H,2-5,8,10H2,1H3,(H,23,30)/t13-/m0/s1. The molecule has 2 amide bonds. The zero-order valence-corrected chi connectivity index (χ0v) is 17.8. The van der Waals surface area contributed by atoms with E-state index in [0.29, 0.717) is 26.2 Å². The van der Waals surface area contributed by atoms with Gasteiger partial charge in [-0.1, -0.05) is 0 Å². The molecule has 4 heterocycles. The Kier molecular flexibility index (Phi) is 6.21. The van der Waals surface area contributed by atoms with Gasteiger partial charge in [-0.25, -0.2) is 23.5 Å². The molecule has 2 aromatic heterocycles. The van der Waals surface area contributed by atoms with Crippen LogP contribution >= 0.6 is 11.6 Å². The first-order valence-electron chi connectivity index (χ1n) is 9.88. The van der Waals surface area contributed by atoms with Crippen LogP contribution < -0.4 is 20.0 Å². The van der Waals surface area contributed by atoms with Crippen LogP contribution in [0, 0.1) is 11.6 Å².